The Balaban J connectivity index is 2.07. The Morgan fingerprint density at radius 1 is 1.38 bits per heavy atom. The monoisotopic (exact) mass is 288 g/mol. The van der Waals surface area contributed by atoms with Crippen molar-refractivity contribution in [3.63, 3.8) is 0 Å². The predicted molar refractivity (Wildman–Crippen MR) is 63.5 cm³/mol. The number of alkyl halides is 1. The zero-order chi connectivity index (χ0) is 11.4. The van der Waals surface area contributed by atoms with E-state index in [0.29, 0.717) is 5.33 Å². The zero-order valence-corrected chi connectivity index (χ0v) is 10.5. The average Bonchev–Trinajstić information content (AvgIpc) is 2.33. The molecule has 0 radical (unpaired) electrons. The van der Waals surface area contributed by atoms with Crippen LogP contribution in [0.3, 0.4) is 0 Å². The molecule has 0 amide bonds. The fourth-order valence-corrected chi connectivity index (χ4v) is 2.18. The Bertz CT molecular complexity index is 351. The second kappa shape index (κ2) is 5.64. The summed E-state index contributed by atoms with van der Waals surface area (Å²) in [5.74, 6) is 0.541. The third-order valence-electron chi connectivity index (χ3n) is 2.63. The zero-order valence-electron chi connectivity index (χ0n) is 8.92. The van der Waals surface area contributed by atoms with Crippen LogP contribution in [0.4, 0.5) is 4.39 Å². The average molecular weight is 289 g/mol. The van der Waals surface area contributed by atoms with Crippen molar-refractivity contribution in [1.82, 2.24) is 0 Å². The van der Waals surface area contributed by atoms with Gasteiger partial charge in [-0.3, -0.25) is 0 Å². The number of benzene rings is 1. The second-order valence-electron chi connectivity index (χ2n) is 3.82. The van der Waals surface area contributed by atoms with E-state index >= 15 is 0 Å². The Labute approximate surface area is 103 Å². The number of rotatable bonds is 3. The summed E-state index contributed by atoms with van der Waals surface area (Å²) in [6.45, 7) is 1.49. The van der Waals surface area contributed by atoms with E-state index in [2.05, 4.69) is 15.9 Å². The molecule has 1 fully saturated rings. The summed E-state index contributed by atoms with van der Waals surface area (Å²) in [5.41, 5.74) is 0.853. The predicted octanol–water partition coefficient (Wildman–Crippen LogP) is 3.28. The smallest absolute Gasteiger partial charge is 0.123 e. The van der Waals surface area contributed by atoms with Crippen LogP contribution in [-0.4, -0.2) is 19.3 Å². The minimum Gasteiger partial charge on any atom is -0.490 e. The van der Waals surface area contributed by atoms with E-state index in [0.717, 1.165) is 37.4 Å². The van der Waals surface area contributed by atoms with Gasteiger partial charge in [-0.15, -0.1) is 0 Å². The molecular weight excluding hydrogens is 275 g/mol. The highest BCUT2D eigenvalue weighted by molar-refractivity contribution is 9.08. The highest BCUT2D eigenvalue weighted by atomic mass is 79.9. The molecule has 2 rings (SSSR count). The van der Waals surface area contributed by atoms with Gasteiger partial charge < -0.3 is 9.47 Å². The van der Waals surface area contributed by atoms with Crippen molar-refractivity contribution in [3.8, 4) is 5.75 Å². The van der Waals surface area contributed by atoms with Crippen LogP contribution in [0.1, 0.15) is 18.4 Å². The van der Waals surface area contributed by atoms with Gasteiger partial charge in [0.1, 0.15) is 17.7 Å². The first kappa shape index (κ1) is 11.9. The fourth-order valence-electron chi connectivity index (χ4n) is 1.74. The van der Waals surface area contributed by atoms with Crippen molar-refractivity contribution in [2.24, 2.45) is 0 Å². The molecule has 1 aliphatic heterocycles. The molecule has 1 aromatic carbocycles. The van der Waals surface area contributed by atoms with Crippen LogP contribution < -0.4 is 4.74 Å². The van der Waals surface area contributed by atoms with Gasteiger partial charge in [-0.1, -0.05) is 15.9 Å². The highest BCUT2D eigenvalue weighted by Crippen LogP contribution is 2.25. The molecule has 0 unspecified atom stereocenters. The molecule has 1 aliphatic rings. The van der Waals surface area contributed by atoms with Gasteiger partial charge in [-0.25, -0.2) is 4.39 Å². The van der Waals surface area contributed by atoms with Crippen molar-refractivity contribution >= 4 is 15.9 Å². The van der Waals surface area contributed by atoms with Gasteiger partial charge in [0, 0.05) is 23.7 Å². The van der Waals surface area contributed by atoms with Crippen molar-refractivity contribution in [1.29, 1.82) is 0 Å². The van der Waals surface area contributed by atoms with Crippen LogP contribution in [0.5, 0.6) is 5.75 Å². The highest BCUT2D eigenvalue weighted by Gasteiger charge is 2.16. The van der Waals surface area contributed by atoms with Gasteiger partial charge in [-0.05, 0) is 18.2 Å². The minimum absolute atomic E-state index is 0.192. The summed E-state index contributed by atoms with van der Waals surface area (Å²) in [4.78, 5) is 0. The molecule has 0 atom stereocenters. The summed E-state index contributed by atoms with van der Waals surface area (Å²) in [6, 6.07) is 4.63. The lowest BCUT2D eigenvalue weighted by atomic mass is 10.1. The molecule has 0 saturated carbocycles. The number of ether oxygens (including phenoxy) is 2. The first-order valence-corrected chi connectivity index (χ1v) is 6.50. The van der Waals surface area contributed by atoms with E-state index in [1.165, 1.54) is 12.1 Å². The number of halogens is 2. The van der Waals surface area contributed by atoms with Crippen molar-refractivity contribution in [3.05, 3.63) is 29.6 Å². The lowest BCUT2D eigenvalue weighted by molar-refractivity contribution is 0.0252. The molecular formula is C12H14BrFO2. The Morgan fingerprint density at radius 2 is 2.12 bits per heavy atom. The van der Waals surface area contributed by atoms with Crippen LogP contribution in [0.2, 0.25) is 0 Å². The summed E-state index contributed by atoms with van der Waals surface area (Å²) in [7, 11) is 0. The quantitative estimate of drug-likeness (QED) is 0.795. The van der Waals surface area contributed by atoms with Gasteiger partial charge in [0.2, 0.25) is 0 Å². The Morgan fingerprint density at radius 3 is 2.81 bits per heavy atom. The minimum atomic E-state index is -0.228. The van der Waals surface area contributed by atoms with Crippen LogP contribution in [0.15, 0.2) is 18.2 Å². The molecule has 1 saturated heterocycles. The molecule has 1 heterocycles. The van der Waals surface area contributed by atoms with Crippen LogP contribution in [0, 0.1) is 5.82 Å². The molecule has 0 aromatic heterocycles. The summed E-state index contributed by atoms with van der Waals surface area (Å²) in [5, 5.41) is 0.601. The summed E-state index contributed by atoms with van der Waals surface area (Å²) >= 11 is 3.34. The first-order chi connectivity index (χ1) is 7.79. The van der Waals surface area contributed by atoms with Gasteiger partial charge in [-0.2, -0.15) is 0 Å². The molecule has 88 valence electrons. The van der Waals surface area contributed by atoms with E-state index in [4.69, 9.17) is 9.47 Å². The third-order valence-corrected chi connectivity index (χ3v) is 3.23. The maximum absolute atomic E-state index is 13.0. The van der Waals surface area contributed by atoms with Crippen molar-refractivity contribution < 1.29 is 13.9 Å². The molecule has 4 heteroatoms. The maximum Gasteiger partial charge on any atom is 0.123 e. The van der Waals surface area contributed by atoms with Gasteiger partial charge in [0.15, 0.2) is 0 Å². The topological polar surface area (TPSA) is 18.5 Å². The van der Waals surface area contributed by atoms with Gasteiger partial charge >= 0.3 is 0 Å². The maximum atomic E-state index is 13.0. The fraction of sp³-hybridized carbons (Fsp3) is 0.500. The third kappa shape index (κ3) is 2.95. The second-order valence-corrected chi connectivity index (χ2v) is 4.38. The van der Waals surface area contributed by atoms with Gasteiger partial charge in [0.05, 0.1) is 13.2 Å². The van der Waals surface area contributed by atoms with E-state index in [1.807, 2.05) is 0 Å². The lowest BCUT2D eigenvalue weighted by Crippen LogP contribution is -2.26. The van der Waals surface area contributed by atoms with E-state index in [1.54, 1.807) is 6.07 Å². The van der Waals surface area contributed by atoms with Crippen molar-refractivity contribution in [2.45, 2.75) is 24.3 Å². The Hall–Kier alpha value is -0.610. The van der Waals surface area contributed by atoms with Crippen LogP contribution in [-0.2, 0) is 10.1 Å². The van der Waals surface area contributed by atoms with Crippen LogP contribution >= 0.6 is 15.9 Å². The van der Waals surface area contributed by atoms with Crippen molar-refractivity contribution in [2.75, 3.05) is 13.2 Å². The number of hydrogen-bond acceptors (Lipinski definition) is 2. The van der Waals surface area contributed by atoms with E-state index in [9.17, 15) is 4.39 Å². The molecule has 0 aliphatic carbocycles. The lowest BCUT2D eigenvalue weighted by Gasteiger charge is -2.24. The molecule has 0 bridgehead atoms. The summed E-state index contributed by atoms with van der Waals surface area (Å²) in [6.07, 6.45) is 2.00. The van der Waals surface area contributed by atoms with E-state index < -0.39 is 0 Å². The molecule has 16 heavy (non-hydrogen) atoms. The van der Waals surface area contributed by atoms with Crippen LogP contribution in [0.25, 0.3) is 0 Å². The first-order valence-electron chi connectivity index (χ1n) is 5.38. The SMILES string of the molecule is Fc1ccc(OC2CCOCC2)c(CBr)c1. The molecule has 1 aromatic rings. The normalized spacial score (nSPS) is 17.4. The largest absolute Gasteiger partial charge is 0.490 e. The Kier molecular flexibility index (Phi) is 4.18. The van der Waals surface area contributed by atoms with E-state index in [-0.39, 0.29) is 11.9 Å². The summed E-state index contributed by atoms with van der Waals surface area (Å²) < 4.78 is 24.1. The molecule has 0 N–H and O–H groups in total. The standard InChI is InChI=1S/C12H14BrFO2/c13-8-9-7-10(14)1-2-12(9)16-11-3-5-15-6-4-11/h1-2,7,11H,3-6,8H2. The molecule has 0 spiro atoms. The van der Waals surface area contributed by atoms with Gasteiger partial charge in [0.25, 0.3) is 0 Å². The molecule has 2 nitrogen and oxygen atoms in total. The number of hydrogen-bond donors (Lipinski definition) is 0.